The predicted octanol–water partition coefficient (Wildman–Crippen LogP) is 3.75. The summed E-state index contributed by atoms with van der Waals surface area (Å²) >= 11 is 7.22. The summed E-state index contributed by atoms with van der Waals surface area (Å²) in [5, 5.41) is 3.59. The van der Waals surface area contributed by atoms with E-state index in [4.69, 9.17) is 21.1 Å². The number of hydrogen-bond donors (Lipinski definition) is 2. The van der Waals surface area contributed by atoms with Crippen LogP contribution in [-0.4, -0.2) is 40.3 Å². The number of rotatable bonds is 6. The van der Waals surface area contributed by atoms with Crippen molar-refractivity contribution in [2.24, 2.45) is 0 Å². The molecule has 0 aliphatic carbocycles. The second-order valence-electron chi connectivity index (χ2n) is 5.42. The zero-order valence-corrected chi connectivity index (χ0v) is 15.9. The number of halogens is 1. The quantitative estimate of drug-likeness (QED) is 0.621. The van der Waals surface area contributed by atoms with E-state index in [1.54, 1.807) is 45.4 Å². The lowest BCUT2D eigenvalue weighted by atomic mass is 10.2. The number of aromatic amines is 1. The number of fused-ring (bicyclic) bond motifs is 1. The largest absolute Gasteiger partial charge is 0.497 e. The topological polar surface area (TPSA) is 89.1 Å². The van der Waals surface area contributed by atoms with E-state index < -0.39 is 0 Å². The van der Waals surface area contributed by atoms with Gasteiger partial charge in [-0.05, 0) is 13.0 Å². The third kappa shape index (κ3) is 4.20. The first-order valence-electron chi connectivity index (χ1n) is 7.70. The maximum absolute atomic E-state index is 12.5. The SMILES string of the molecule is COc1cc(NC(=O)C(C)Sc2nc3ncc(Cl)cc3[nH]2)cc(OC)c1. The molecule has 1 unspecified atom stereocenters. The molecule has 3 aromatic rings. The van der Waals surface area contributed by atoms with Gasteiger partial charge in [0.2, 0.25) is 5.91 Å². The molecule has 0 saturated heterocycles. The van der Waals surface area contributed by atoms with E-state index in [1.165, 1.54) is 18.0 Å². The Balaban J connectivity index is 1.71. The van der Waals surface area contributed by atoms with Crippen LogP contribution in [0.2, 0.25) is 5.02 Å². The molecule has 26 heavy (non-hydrogen) atoms. The molecular formula is C17H17ClN4O3S. The fraction of sp³-hybridized carbons (Fsp3) is 0.235. The van der Waals surface area contributed by atoms with Crippen molar-refractivity contribution in [1.29, 1.82) is 0 Å². The highest BCUT2D eigenvalue weighted by atomic mass is 35.5. The third-order valence-electron chi connectivity index (χ3n) is 3.56. The summed E-state index contributed by atoms with van der Waals surface area (Å²) < 4.78 is 10.4. The number of methoxy groups -OCH3 is 2. The molecule has 0 saturated carbocycles. The third-order valence-corrected chi connectivity index (χ3v) is 4.75. The number of thioether (sulfide) groups is 1. The summed E-state index contributed by atoms with van der Waals surface area (Å²) in [5.74, 6) is 1.03. The van der Waals surface area contributed by atoms with Crippen LogP contribution in [0.3, 0.4) is 0 Å². The van der Waals surface area contributed by atoms with Gasteiger partial charge in [0.15, 0.2) is 10.8 Å². The lowest BCUT2D eigenvalue weighted by molar-refractivity contribution is -0.115. The summed E-state index contributed by atoms with van der Waals surface area (Å²) in [6, 6.07) is 6.93. The molecule has 3 rings (SSSR count). The van der Waals surface area contributed by atoms with Crippen molar-refractivity contribution < 1.29 is 14.3 Å². The Labute approximate surface area is 159 Å². The van der Waals surface area contributed by atoms with Crippen LogP contribution in [0.1, 0.15) is 6.92 Å². The molecule has 0 bridgehead atoms. The highest BCUT2D eigenvalue weighted by Crippen LogP contribution is 2.28. The zero-order valence-electron chi connectivity index (χ0n) is 14.4. The number of anilines is 1. The number of pyridine rings is 1. The summed E-state index contributed by atoms with van der Waals surface area (Å²) in [6.45, 7) is 1.80. The molecular weight excluding hydrogens is 376 g/mol. The number of amides is 1. The van der Waals surface area contributed by atoms with E-state index in [-0.39, 0.29) is 11.2 Å². The predicted molar refractivity (Wildman–Crippen MR) is 102 cm³/mol. The summed E-state index contributed by atoms with van der Waals surface area (Å²) in [4.78, 5) is 24.1. The molecule has 1 amide bonds. The molecule has 7 nitrogen and oxygen atoms in total. The highest BCUT2D eigenvalue weighted by molar-refractivity contribution is 8.00. The van der Waals surface area contributed by atoms with Crippen molar-refractivity contribution in [1.82, 2.24) is 15.0 Å². The minimum absolute atomic E-state index is 0.170. The van der Waals surface area contributed by atoms with Gasteiger partial charge in [-0.1, -0.05) is 23.4 Å². The number of hydrogen-bond acceptors (Lipinski definition) is 6. The van der Waals surface area contributed by atoms with Crippen LogP contribution in [0.4, 0.5) is 5.69 Å². The number of nitrogens with one attached hydrogen (secondary N) is 2. The maximum Gasteiger partial charge on any atom is 0.237 e. The Hall–Kier alpha value is -2.45. The van der Waals surface area contributed by atoms with Crippen LogP contribution >= 0.6 is 23.4 Å². The number of aromatic nitrogens is 3. The molecule has 0 spiro atoms. The Morgan fingerprint density at radius 3 is 2.58 bits per heavy atom. The Morgan fingerprint density at radius 2 is 1.92 bits per heavy atom. The number of carbonyl (C=O) groups is 1. The molecule has 1 atom stereocenters. The van der Waals surface area contributed by atoms with Crippen LogP contribution in [0.15, 0.2) is 35.6 Å². The number of ether oxygens (including phenoxy) is 2. The van der Waals surface area contributed by atoms with E-state index in [0.717, 1.165) is 5.52 Å². The second kappa shape index (κ2) is 7.84. The minimum atomic E-state index is -0.386. The monoisotopic (exact) mass is 392 g/mol. The molecule has 9 heteroatoms. The van der Waals surface area contributed by atoms with E-state index in [9.17, 15) is 4.79 Å². The molecule has 0 aliphatic rings. The number of carbonyl (C=O) groups excluding carboxylic acids is 1. The van der Waals surface area contributed by atoms with Crippen molar-refractivity contribution in [3.63, 3.8) is 0 Å². The number of benzene rings is 1. The zero-order chi connectivity index (χ0) is 18.7. The van der Waals surface area contributed by atoms with Crippen LogP contribution in [0.5, 0.6) is 11.5 Å². The van der Waals surface area contributed by atoms with Crippen molar-refractivity contribution in [2.75, 3.05) is 19.5 Å². The van der Waals surface area contributed by atoms with E-state index in [1.807, 2.05) is 0 Å². The second-order valence-corrected chi connectivity index (χ2v) is 7.18. The molecule has 0 radical (unpaired) electrons. The van der Waals surface area contributed by atoms with Gasteiger partial charge in [0, 0.05) is 30.1 Å². The Kier molecular flexibility index (Phi) is 5.53. The van der Waals surface area contributed by atoms with Crippen LogP contribution in [-0.2, 0) is 4.79 Å². The van der Waals surface area contributed by atoms with Gasteiger partial charge in [0.1, 0.15) is 11.5 Å². The lowest BCUT2D eigenvalue weighted by Crippen LogP contribution is -2.22. The highest BCUT2D eigenvalue weighted by Gasteiger charge is 2.18. The van der Waals surface area contributed by atoms with Crippen LogP contribution in [0, 0.1) is 0 Å². The molecule has 2 aromatic heterocycles. The van der Waals surface area contributed by atoms with Gasteiger partial charge >= 0.3 is 0 Å². The smallest absolute Gasteiger partial charge is 0.237 e. The number of imidazole rings is 1. The van der Waals surface area contributed by atoms with Gasteiger partial charge in [-0.15, -0.1) is 0 Å². The molecule has 2 heterocycles. The molecule has 0 fully saturated rings. The maximum atomic E-state index is 12.5. The fourth-order valence-electron chi connectivity index (χ4n) is 2.25. The molecule has 1 aromatic carbocycles. The fourth-order valence-corrected chi connectivity index (χ4v) is 3.22. The van der Waals surface area contributed by atoms with Crippen LogP contribution in [0.25, 0.3) is 11.2 Å². The first-order chi connectivity index (χ1) is 12.5. The van der Waals surface area contributed by atoms with Crippen molar-refractivity contribution in [3.8, 4) is 11.5 Å². The van der Waals surface area contributed by atoms with Gasteiger partial charge < -0.3 is 19.8 Å². The molecule has 0 aliphatic heterocycles. The van der Waals surface area contributed by atoms with E-state index in [0.29, 0.717) is 33.0 Å². The van der Waals surface area contributed by atoms with Gasteiger partial charge in [0.25, 0.3) is 0 Å². The summed E-state index contributed by atoms with van der Waals surface area (Å²) in [7, 11) is 3.11. The average molecular weight is 393 g/mol. The minimum Gasteiger partial charge on any atom is -0.497 e. The van der Waals surface area contributed by atoms with Gasteiger partial charge in [-0.2, -0.15) is 0 Å². The Bertz CT molecular complexity index is 925. The average Bonchev–Trinajstić information content (AvgIpc) is 3.02. The van der Waals surface area contributed by atoms with E-state index >= 15 is 0 Å². The van der Waals surface area contributed by atoms with Gasteiger partial charge in [0.05, 0.1) is 30.0 Å². The van der Waals surface area contributed by atoms with Crippen LogP contribution < -0.4 is 14.8 Å². The Morgan fingerprint density at radius 1 is 1.23 bits per heavy atom. The molecule has 2 N–H and O–H groups in total. The van der Waals surface area contributed by atoms with Crippen molar-refractivity contribution in [3.05, 3.63) is 35.5 Å². The van der Waals surface area contributed by atoms with Crippen molar-refractivity contribution >= 4 is 46.1 Å². The standard InChI is InChI=1S/C17H17ClN4O3S/c1-9(26-17-21-14-4-10(18)8-19-15(14)22-17)16(23)20-11-5-12(24-2)7-13(6-11)25-3/h4-9H,1-3H3,(H,20,23)(H,19,21,22). The number of H-pyrrole nitrogens is 1. The first-order valence-corrected chi connectivity index (χ1v) is 8.96. The summed E-state index contributed by atoms with van der Waals surface area (Å²) in [6.07, 6.45) is 1.53. The van der Waals surface area contributed by atoms with Gasteiger partial charge in [-0.3, -0.25) is 4.79 Å². The van der Waals surface area contributed by atoms with E-state index in [2.05, 4.69) is 20.3 Å². The van der Waals surface area contributed by atoms with Gasteiger partial charge in [-0.25, -0.2) is 9.97 Å². The lowest BCUT2D eigenvalue weighted by Gasteiger charge is -2.12. The summed E-state index contributed by atoms with van der Waals surface area (Å²) in [5.41, 5.74) is 1.88. The first kappa shape index (κ1) is 18.3. The number of nitrogens with zero attached hydrogens (tertiary/aromatic N) is 2. The molecule has 136 valence electrons. The van der Waals surface area contributed by atoms with Crippen molar-refractivity contribution in [2.45, 2.75) is 17.3 Å². The normalized spacial score (nSPS) is 12.0.